The Morgan fingerprint density at radius 3 is 2.59 bits per heavy atom. The standard InChI is InChI=1S/C25H33N5O2/c1-3-5-14-27-24(32)19-12-10-18(11-13-19)16-28-25(26-4-2)29-17-20-15-23(31)30-22-9-7-6-8-21(20)22/h6-13,20H,3-5,14-17H2,1-2H3,(H,27,32)(H,30,31)(H2,26,28,29). The summed E-state index contributed by atoms with van der Waals surface area (Å²) in [5.74, 6) is 0.795. The summed E-state index contributed by atoms with van der Waals surface area (Å²) in [6.07, 6.45) is 2.49. The summed E-state index contributed by atoms with van der Waals surface area (Å²) >= 11 is 0. The van der Waals surface area contributed by atoms with E-state index in [1.807, 2.05) is 49.4 Å². The Labute approximate surface area is 190 Å². The average molecular weight is 436 g/mol. The van der Waals surface area contributed by atoms with Crippen molar-refractivity contribution in [3.8, 4) is 0 Å². The third kappa shape index (κ3) is 6.57. The van der Waals surface area contributed by atoms with E-state index in [-0.39, 0.29) is 17.7 Å². The minimum Gasteiger partial charge on any atom is -0.357 e. The number of carbonyl (C=O) groups is 2. The normalized spacial score (nSPS) is 15.5. The van der Waals surface area contributed by atoms with Gasteiger partial charge < -0.3 is 21.3 Å². The van der Waals surface area contributed by atoms with Crippen molar-refractivity contribution in [3.63, 3.8) is 0 Å². The van der Waals surface area contributed by atoms with Crippen LogP contribution in [0.15, 0.2) is 53.5 Å². The molecule has 1 heterocycles. The number of amides is 2. The number of guanidine groups is 1. The number of aliphatic imine (C=N–C) groups is 1. The van der Waals surface area contributed by atoms with Crippen molar-refractivity contribution in [3.05, 3.63) is 65.2 Å². The molecule has 0 spiro atoms. The van der Waals surface area contributed by atoms with E-state index in [1.54, 1.807) is 0 Å². The van der Waals surface area contributed by atoms with E-state index in [0.29, 0.717) is 37.6 Å². The maximum absolute atomic E-state index is 12.1. The van der Waals surface area contributed by atoms with Crippen molar-refractivity contribution in [2.75, 3.05) is 25.0 Å². The molecular formula is C25H33N5O2. The lowest BCUT2D eigenvalue weighted by molar-refractivity contribution is -0.116. The Morgan fingerprint density at radius 1 is 1.06 bits per heavy atom. The zero-order valence-corrected chi connectivity index (χ0v) is 18.9. The van der Waals surface area contributed by atoms with E-state index >= 15 is 0 Å². The number of anilines is 1. The largest absolute Gasteiger partial charge is 0.357 e. The average Bonchev–Trinajstić information content (AvgIpc) is 2.81. The van der Waals surface area contributed by atoms with Gasteiger partial charge in [0.1, 0.15) is 0 Å². The Morgan fingerprint density at radius 2 is 1.84 bits per heavy atom. The van der Waals surface area contributed by atoms with Crippen molar-refractivity contribution in [1.29, 1.82) is 0 Å². The second-order valence-corrected chi connectivity index (χ2v) is 7.92. The number of unbranched alkanes of at least 4 members (excludes halogenated alkanes) is 1. The topological polar surface area (TPSA) is 94.6 Å². The summed E-state index contributed by atoms with van der Waals surface area (Å²) in [7, 11) is 0. The second-order valence-electron chi connectivity index (χ2n) is 7.92. The summed E-state index contributed by atoms with van der Waals surface area (Å²) < 4.78 is 0. The molecule has 0 saturated carbocycles. The Bertz CT molecular complexity index is 940. The van der Waals surface area contributed by atoms with Crippen LogP contribution in [0.1, 0.15) is 60.5 Å². The summed E-state index contributed by atoms with van der Waals surface area (Å²) in [6, 6.07) is 15.5. The second kappa shape index (κ2) is 11.9. The van der Waals surface area contributed by atoms with Crippen LogP contribution < -0.4 is 21.3 Å². The van der Waals surface area contributed by atoms with Crippen molar-refractivity contribution in [2.45, 2.75) is 45.6 Å². The number of fused-ring (bicyclic) bond motifs is 1. The van der Waals surface area contributed by atoms with Gasteiger partial charge in [0.05, 0.1) is 6.54 Å². The van der Waals surface area contributed by atoms with Crippen LogP contribution in [0.5, 0.6) is 0 Å². The molecule has 0 bridgehead atoms. The van der Waals surface area contributed by atoms with Gasteiger partial charge in [-0.05, 0) is 42.7 Å². The first-order valence-corrected chi connectivity index (χ1v) is 11.4. The number of hydrogen-bond donors (Lipinski definition) is 4. The lowest BCUT2D eigenvalue weighted by Gasteiger charge is -2.26. The molecule has 1 atom stereocenters. The molecule has 2 aromatic carbocycles. The van der Waals surface area contributed by atoms with E-state index in [9.17, 15) is 9.59 Å². The zero-order valence-electron chi connectivity index (χ0n) is 18.9. The minimum atomic E-state index is -0.0414. The number of nitrogens with zero attached hydrogens (tertiary/aromatic N) is 1. The fourth-order valence-corrected chi connectivity index (χ4v) is 3.66. The van der Waals surface area contributed by atoms with Crippen LogP contribution in [-0.4, -0.2) is 37.4 Å². The van der Waals surface area contributed by atoms with Crippen LogP contribution in [-0.2, 0) is 11.3 Å². The SMILES string of the molecule is CCCCNC(=O)c1ccc(CN=C(NCC)NCC2CC(=O)Nc3ccccc32)cc1. The van der Waals surface area contributed by atoms with Crippen LogP contribution in [0.2, 0.25) is 0 Å². The number of rotatable bonds is 9. The fourth-order valence-electron chi connectivity index (χ4n) is 3.66. The fraction of sp³-hybridized carbons (Fsp3) is 0.400. The summed E-state index contributed by atoms with van der Waals surface area (Å²) in [4.78, 5) is 28.9. The van der Waals surface area contributed by atoms with Crippen molar-refractivity contribution >= 4 is 23.5 Å². The van der Waals surface area contributed by atoms with Crippen LogP contribution in [0.3, 0.4) is 0 Å². The molecule has 0 fully saturated rings. The molecule has 0 aliphatic carbocycles. The highest BCUT2D eigenvalue weighted by Gasteiger charge is 2.24. The molecule has 4 N–H and O–H groups in total. The van der Waals surface area contributed by atoms with Crippen molar-refractivity contribution in [1.82, 2.24) is 16.0 Å². The molecule has 1 unspecified atom stereocenters. The first-order valence-electron chi connectivity index (χ1n) is 11.4. The molecule has 7 heteroatoms. The molecule has 32 heavy (non-hydrogen) atoms. The predicted molar refractivity (Wildman–Crippen MR) is 129 cm³/mol. The molecular weight excluding hydrogens is 402 g/mol. The van der Waals surface area contributed by atoms with E-state index in [0.717, 1.165) is 36.2 Å². The molecule has 1 aliphatic heterocycles. The van der Waals surface area contributed by atoms with Crippen LogP contribution in [0.25, 0.3) is 0 Å². The Hall–Kier alpha value is -3.35. The number of hydrogen-bond acceptors (Lipinski definition) is 3. The molecule has 7 nitrogen and oxygen atoms in total. The predicted octanol–water partition coefficient (Wildman–Crippen LogP) is 3.40. The quantitative estimate of drug-likeness (QED) is 0.276. The van der Waals surface area contributed by atoms with E-state index in [1.165, 1.54) is 0 Å². The molecule has 170 valence electrons. The lowest BCUT2D eigenvalue weighted by atomic mass is 9.90. The number of para-hydroxylation sites is 1. The zero-order chi connectivity index (χ0) is 22.8. The number of benzene rings is 2. The molecule has 3 rings (SSSR count). The highest BCUT2D eigenvalue weighted by molar-refractivity contribution is 5.95. The molecule has 1 aliphatic rings. The maximum Gasteiger partial charge on any atom is 0.251 e. The monoisotopic (exact) mass is 435 g/mol. The van der Waals surface area contributed by atoms with Gasteiger partial charge in [-0.15, -0.1) is 0 Å². The van der Waals surface area contributed by atoms with Gasteiger partial charge in [0.15, 0.2) is 5.96 Å². The highest BCUT2D eigenvalue weighted by Crippen LogP contribution is 2.31. The van der Waals surface area contributed by atoms with Gasteiger partial charge in [-0.2, -0.15) is 0 Å². The Balaban J connectivity index is 1.58. The Kier molecular flexibility index (Phi) is 8.66. The summed E-state index contributed by atoms with van der Waals surface area (Å²) in [6.45, 7) is 6.67. The van der Waals surface area contributed by atoms with Crippen LogP contribution in [0, 0.1) is 0 Å². The van der Waals surface area contributed by atoms with E-state index < -0.39 is 0 Å². The first kappa shape index (κ1) is 23.3. The van der Waals surface area contributed by atoms with Gasteiger partial charge in [0.25, 0.3) is 5.91 Å². The third-order valence-corrected chi connectivity index (χ3v) is 5.42. The van der Waals surface area contributed by atoms with Gasteiger partial charge >= 0.3 is 0 Å². The van der Waals surface area contributed by atoms with Crippen molar-refractivity contribution in [2.24, 2.45) is 4.99 Å². The van der Waals surface area contributed by atoms with Gasteiger partial charge in [-0.25, -0.2) is 4.99 Å². The van der Waals surface area contributed by atoms with Gasteiger partial charge in [-0.1, -0.05) is 43.7 Å². The van der Waals surface area contributed by atoms with Crippen molar-refractivity contribution < 1.29 is 9.59 Å². The highest BCUT2D eigenvalue weighted by atomic mass is 16.2. The first-order chi connectivity index (χ1) is 15.6. The smallest absolute Gasteiger partial charge is 0.251 e. The summed E-state index contributed by atoms with van der Waals surface area (Å²) in [5.41, 5.74) is 3.71. The molecule has 2 aromatic rings. The third-order valence-electron chi connectivity index (χ3n) is 5.42. The maximum atomic E-state index is 12.1. The van der Waals surface area contributed by atoms with Gasteiger partial charge in [-0.3, -0.25) is 9.59 Å². The van der Waals surface area contributed by atoms with E-state index in [2.05, 4.69) is 39.2 Å². The van der Waals surface area contributed by atoms with Crippen LogP contribution >= 0.6 is 0 Å². The molecule has 2 amide bonds. The molecule has 0 radical (unpaired) electrons. The molecule has 0 aromatic heterocycles. The van der Waals surface area contributed by atoms with Gasteiger partial charge in [0.2, 0.25) is 5.91 Å². The summed E-state index contributed by atoms with van der Waals surface area (Å²) in [5, 5.41) is 12.5. The lowest BCUT2D eigenvalue weighted by Crippen LogP contribution is -2.40. The van der Waals surface area contributed by atoms with Gasteiger partial charge in [0, 0.05) is 43.2 Å². The number of carbonyl (C=O) groups excluding carboxylic acids is 2. The molecule has 0 saturated heterocycles. The van der Waals surface area contributed by atoms with E-state index in [4.69, 9.17) is 0 Å². The number of nitrogens with one attached hydrogen (secondary N) is 4. The van der Waals surface area contributed by atoms with Crippen LogP contribution in [0.4, 0.5) is 5.69 Å². The minimum absolute atomic E-state index is 0.0382.